The molecule has 2 heterocycles. The van der Waals surface area contributed by atoms with Gasteiger partial charge in [0.2, 0.25) is 0 Å². The van der Waals surface area contributed by atoms with Gasteiger partial charge in [0, 0.05) is 4.88 Å². The van der Waals surface area contributed by atoms with Crippen LogP contribution in [0.4, 0.5) is 0 Å². The minimum Gasteiger partial charge on any atom is -0.454 e. The average Bonchev–Trinajstić information content (AvgIpc) is 3.06. The SMILES string of the molecule is C[C@H]1CCc2c(sc3nc([C@H](C)OC(=O)C[C@@H](C)c4ccccc4)[nH]c(=O)c23)C1. The molecule has 0 saturated heterocycles. The topological polar surface area (TPSA) is 72.0 Å². The van der Waals surface area contributed by atoms with Crippen molar-refractivity contribution in [1.82, 2.24) is 9.97 Å². The number of aryl methyl sites for hydroxylation is 1. The highest BCUT2D eigenvalue weighted by Crippen LogP contribution is 2.36. The Kier molecular flexibility index (Phi) is 5.54. The van der Waals surface area contributed by atoms with Gasteiger partial charge >= 0.3 is 5.97 Å². The summed E-state index contributed by atoms with van der Waals surface area (Å²) in [6.07, 6.45) is 2.73. The maximum absolute atomic E-state index is 12.7. The summed E-state index contributed by atoms with van der Waals surface area (Å²) in [7, 11) is 0. The van der Waals surface area contributed by atoms with E-state index in [0.717, 1.165) is 40.6 Å². The maximum atomic E-state index is 12.7. The number of carbonyl (C=O) groups excluding carboxylic acids is 1. The molecule has 0 unspecified atom stereocenters. The molecule has 0 fully saturated rings. The molecule has 0 aliphatic heterocycles. The molecule has 3 aromatic rings. The second kappa shape index (κ2) is 8.11. The molecule has 1 N–H and O–H groups in total. The van der Waals surface area contributed by atoms with E-state index in [1.165, 1.54) is 4.88 Å². The Bertz CT molecular complexity index is 1090. The molecular weight excluding hydrogens is 384 g/mol. The third-order valence-electron chi connectivity index (χ3n) is 5.72. The summed E-state index contributed by atoms with van der Waals surface area (Å²) >= 11 is 1.60. The Hall–Kier alpha value is -2.47. The number of nitrogens with one attached hydrogen (secondary N) is 1. The minimum absolute atomic E-state index is 0.0661. The van der Waals surface area contributed by atoms with Crippen molar-refractivity contribution in [2.24, 2.45) is 5.92 Å². The molecule has 0 amide bonds. The van der Waals surface area contributed by atoms with Crippen LogP contribution in [0.5, 0.6) is 0 Å². The standard InChI is InChI=1S/C23H26N2O3S/c1-13-9-10-17-18(11-13)29-23-20(17)22(27)24-21(25-23)15(3)28-19(26)12-14(2)16-7-5-4-6-8-16/h4-8,13-15H,9-12H2,1-3H3,(H,24,25,27)/t13-,14+,15-/m0/s1. The van der Waals surface area contributed by atoms with Crippen molar-refractivity contribution in [2.45, 2.75) is 58.5 Å². The molecule has 6 heteroatoms. The van der Waals surface area contributed by atoms with E-state index in [1.807, 2.05) is 37.3 Å². The second-order valence-corrected chi connectivity index (χ2v) is 9.21. The van der Waals surface area contributed by atoms with Gasteiger partial charge in [0.05, 0.1) is 11.8 Å². The summed E-state index contributed by atoms with van der Waals surface area (Å²) in [4.78, 5) is 34.7. The van der Waals surface area contributed by atoms with Crippen LogP contribution in [0.15, 0.2) is 35.1 Å². The van der Waals surface area contributed by atoms with E-state index in [2.05, 4.69) is 16.9 Å². The third kappa shape index (κ3) is 4.13. The number of hydrogen-bond acceptors (Lipinski definition) is 5. The van der Waals surface area contributed by atoms with E-state index in [-0.39, 0.29) is 23.9 Å². The summed E-state index contributed by atoms with van der Waals surface area (Å²) in [5.74, 6) is 0.822. The predicted molar refractivity (Wildman–Crippen MR) is 115 cm³/mol. The zero-order valence-electron chi connectivity index (χ0n) is 17.0. The van der Waals surface area contributed by atoms with Crippen molar-refractivity contribution in [2.75, 3.05) is 0 Å². The van der Waals surface area contributed by atoms with Crippen LogP contribution in [-0.2, 0) is 22.4 Å². The molecule has 152 valence electrons. The van der Waals surface area contributed by atoms with E-state index in [0.29, 0.717) is 11.7 Å². The Balaban J connectivity index is 1.50. The maximum Gasteiger partial charge on any atom is 0.307 e. The summed E-state index contributed by atoms with van der Waals surface area (Å²) < 4.78 is 5.58. The smallest absolute Gasteiger partial charge is 0.307 e. The number of carbonyl (C=O) groups is 1. The van der Waals surface area contributed by atoms with Crippen LogP contribution >= 0.6 is 11.3 Å². The lowest BCUT2D eigenvalue weighted by molar-refractivity contribution is -0.149. The van der Waals surface area contributed by atoms with Crippen LogP contribution in [0.25, 0.3) is 10.2 Å². The van der Waals surface area contributed by atoms with Gasteiger partial charge in [-0.1, -0.05) is 44.2 Å². The number of thiophene rings is 1. The average molecular weight is 411 g/mol. The van der Waals surface area contributed by atoms with Crippen molar-refractivity contribution in [3.8, 4) is 0 Å². The molecule has 3 atom stereocenters. The van der Waals surface area contributed by atoms with Gasteiger partial charge in [-0.05, 0) is 49.1 Å². The highest BCUT2D eigenvalue weighted by Gasteiger charge is 2.24. The van der Waals surface area contributed by atoms with Crippen LogP contribution in [0, 0.1) is 5.92 Å². The number of esters is 1. The van der Waals surface area contributed by atoms with E-state index in [4.69, 9.17) is 4.74 Å². The number of fused-ring (bicyclic) bond motifs is 3. The lowest BCUT2D eigenvalue weighted by Gasteiger charge is -2.17. The van der Waals surface area contributed by atoms with Crippen molar-refractivity contribution in [3.63, 3.8) is 0 Å². The minimum atomic E-state index is -0.597. The molecule has 0 bridgehead atoms. The second-order valence-electron chi connectivity index (χ2n) is 8.13. The Morgan fingerprint density at radius 2 is 2.07 bits per heavy atom. The number of aromatic nitrogens is 2. The number of hydrogen-bond donors (Lipinski definition) is 1. The molecule has 0 radical (unpaired) electrons. The van der Waals surface area contributed by atoms with E-state index < -0.39 is 6.10 Å². The highest BCUT2D eigenvalue weighted by atomic mass is 32.1. The molecule has 29 heavy (non-hydrogen) atoms. The predicted octanol–water partition coefficient (Wildman–Crippen LogP) is 4.91. The van der Waals surface area contributed by atoms with Crippen LogP contribution < -0.4 is 5.56 Å². The van der Waals surface area contributed by atoms with Gasteiger partial charge in [0.15, 0.2) is 11.9 Å². The molecule has 1 aromatic carbocycles. The first-order valence-electron chi connectivity index (χ1n) is 10.2. The van der Waals surface area contributed by atoms with Gasteiger partial charge in [-0.2, -0.15) is 0 Å². The zero-order valence-corrected chi connectivity index (χ0v) is 17.8. The number of H-pyrrole nitrogens is 1. The molecule has 1 aliphatic rings. The van der Waals surface area contributed by atoms with Gasteiger partial charge in [-0.25, -0.2) is 4.98 Å². The van der Waals surface area contributed by atoms with Gasteiger partial charge in [0.25, 0.3) is 5.56 Å². The van der Waals surface area contributed by atoms with Crippen LogP contribution in [0.2, 0.25) is 0 Å². The summed E-state index contributed by atoms with van der Waals surface area (Å²) in [5.41, 5.74) is 2.13. The summed E-state index contributed by atoms with van der Waals surface area (Å²) in [6.45, 7) is 6.00. The first-order chi connectivity index (χ1) is 13.9. The molecule has 5 nitrogen and oxygen atoms in total. The number of aromatic amines is 1. The summed E-state index contributed by atoms with van der Waals surface area (Å²) in [6, 6.07) is 9.90. The van der Waals surface area contributed by atoms with Crippen molar-refractivity contribution in [1.29, 1.82) is 0 Å². The molecule has 2 aromatic heterocycles. The lowest BCUT2D eigenvalue weighted by atomic mass is 9.89. The Morgan fingerprint density at radius 3 is 2.83 bits per heavy atom. The van der Waals surface area contributed by atoms with Crippen LogP contribution in [0.3, 0.4) is 0 Å². The normalized spacial score (nSPS) is 18.2. The van der Waals surface area contributed by atoms with Crippen LogP contribution in [0.1, 0.15) is 67.5 Å². The van der Waals surface area contributed by atoms with Gasteiger partial charge in [0.1, 0.15) is 4.83 Å². The molecule has 0 saturated carbocycles. The molecule has 4 rings (SSSR count). The fourth-order valence-electron chi connectivity index (χ4n) is 4.01. The van der Waals surface area contributed by atoms with Gasteiger partial charge in [-0.3, -0.25) is 9.59 Å². The number of nitrogens with zero attached hydrogens (tertiary/aromatic N) is 1. The number of benzene rings is 1. The first-order valence-corrected chi connectivity index (χ1v) is 11.0. The van der Waals surface area contributed by atoms with Gasteiger partial charge < -0.3 is 9.72 Å². The van der Waals surface area contributed by atoms with Gasteiger partial charge in [-0.15, -0.1) is 11.3 Å². The largest absolute Gasteiger partial charge is 0.454 e. The van der Waals surface area contributed by atoms with Crippen LogP contribution in [-0.4, -0.2) is 15.9 Å². The fraction of sp³-hybridized carbons (Fsp3) is 0.435. The Labute approximate surface area is 174 Å². The quantitative estimate of drug-likeness (QED) is 0.607. The van der Waals surface area contributed by atoms with E-state index >= 15 is 0 Å². The third-order valence-corrected chi connectivity index (χ3v) is 6.87. The number of ether oxygens (including phenoxy) is 1. The number of rotatable bonds is 5. The van der Waals surface area contributed by atoms with E-state index in [1.54, 1.807) is 18.3 Å². The Morgan fingerprint density at radius 1 is 1.31 bits per heavy atom. The fourth-order valence-corrected chi connectivity index (χ4v) is 5.40. The van der Waals surface area contributed by atoms with Crippen molar-refractivity contribution in [3.05, 3.63) is 62.5 Å². The molecular formula is C23H26N2O3S. The monoisotopic (exact) mass is 410 g/mol. The van der Waals surface area contributed by atoms with Crippen molar-refractivity contribution >= 4 is 27.5 Å². The first kappa shape index (κ1) is 19.8. The lowest BCUT2D eigenvalue weighted by Crippen LogP contribution is -2.18. The van der Waals surface area contributed by atoms with E-state index in [9.17, 15) is 9.59 Å². The zero-order chi connectivity index (χ0) is 20.5. The van der Waals surface area contributed by atoms with Crippen molar-refractivity contribution < 1.29 is 9.53 Å². The highest BCUT2D eigenvalue weighted by molar-refractivity contribution is 7.18. The summed E-state index contributed by atoms with van der Waals surface area (Å²) in [5, 5.41) is 0.719. The molecule has 0 spiro atoms. The molecule has 1 aliphatic carbocycles.